The van der Waals surface area contributed by atoms with E-state index in [-0.39, 0.29) is 0 Å². The molecular formula is C12H11Cl3O4. The Morgan fingerprint density at radius 1 is 1.32 bits per heavy atom. The van der Waals surface area contributed by atoms with Crippen LogP contribution in [0, 0.1) is 6.92 Å². The van der Waals surface area contributed by atoms with Gasteiger partial charge < -0.3 is 9.47 Å². The third-order valence-corrected chi connectivity index (χ3v) is 2.59. The Bertz CT molecular complexity index is 494. The van der Waals surface area contributed by atoms with Gasteiger partial charge in [-0.2, -0.15) is 0 Å². The second kappa shape index (κ2) is 6.46. The smallest absolute Gasteiger partial charge is 0.351 e. The Hall–Kier alpha value is -0.970. The van der Waals surface area contributed by atoms with E-state index in [2.05, 4.69) is 4.74 Å². The zero-order chi connectivity index (χ0) is 14.6. The lowest BCUT2D eigenvalue weighted by Gasteiger charge is -2.12. The summed E-state index contributed by atoms with van der Waals surface area (Å²) < 4.78 is 7.83. The molecule has 0 radical (unpaired) electrons. The van der Waals surface area contributed by atoms with Gasteiger partial charge in [0.05, 0.1) is 0 Å². The Labute approximate surface area is 125 Å². The van der Waals surface area contributed by atoms with Crippen LogP contribution in [0.2, 0.25) is 5.02 Å². The van der Waals surface area contributed by atoms with E-state index in [4.69, 9.17) is 39.5 Å². The fraction of sp³-hybridized carbons (Fsp3) is 0.333. The zero-order valence-electron chi connectivity index (χ0n) is 10.2. The molecule has 0 amide bonds. The van der Waals surface area contributed by atoms with Crippen molar-refractivity contribution in [1.82, 2.24) is 0 Å². The van der Waals surface area contributed by atoms with Crippen molar-refractivity contribution in [3.05, 3.63) is 28.8 Å². The predicted molar refractivity (Wildman–Crippen MR) is 72.9 cm³/mol. The van der Waals surface area contributed by atoms with Crippen LogP contribution in [0.5, 0.6) is 5.75 Å². The van der Waals surface area contributed by atoms with Crippen molar-refractivity contribution >= 4 is 46.7 Å². The van der Waals surface area contributed by atoms with Crippen LogP contribution in [0.1, 0.15) is 12.5 Å². The van der Waals surface area contributed by atoms with Crippen LogP contribution in [0.3, 0.4) is 0 Å². The first-order valence-corrected chi connectivity index (χ1v) is 6.35. The van der Waals surface area contributed by atoms with Crippen LogP contribution in [-0.4, -0.2) is 22.9 Å². The normalized spacial score (nSPS) is 11.0. The van der Waals surface area contributed by atoms with E-state index < -0.39 is 22.9 Å². The van der Waals surface area contributed by atoms with Crippen molar-refractivity contribution in [2.75, 3.05) is 6.61 Å². The lowest BCUT2D eigenvalue weighted by Crippen LogP contribution is -2.29. The van der Waals surface area contributed by atoms with Crippen molar-refractivity contribution in [1.29, 1.82) is 0 Å². The molecule has 0 bridgehead atoms. The van der Waals surface area contributed by atoms with Crippen LogP contribution in [0.15, 0.2) is 18.2 Å². The topological polar surface area (TPSA) is 52.6 Å². The monoisotopic (exact) mass is 324 g/mol. The van der Waals surface area contributed by atoms with E-state index in [1.807, 2.05) is 0 Å². The molecule has 0 aliphatic rings. The van der Waals surface area contributed by atoms with Gasteiger partial charge in [-0.1, -0.05) is 34.8 Å². The molecule has 1 aromatic carbocycles. The molecule has 0 heterocycles. The average molecular weight is 326 g/mol. The largest absolute Gasteiger partial charge is 0.482 e. The molecule has 0 saturated heterocycles. The number of halogens is 3. The third kappa shape index (κ3) is 5.27. The average Bonchev–Trinajstić information content (AvgIpc) is 2.26. The number of hydrogen-bond donors (Lipinski definition) is 0. The van der Waals surface area contributed by atoms with Gasteiger partial charge in [-0.15, -0.1) is 0 Å². The van der Waals surface area contributed by atoms with E-state index in [9.17, 15) is 9.59 Å². The summed E-state index contributed by atoms with van der Waals surface area (Å²) >= 11 is 16.7. The van der Waals surface area contributed by atoms with Gasteiger partial charge in [0.15, 0.2) is 6.61 Å². The highest BCUT2D eigenvalue weighted by Crippen LogP contribution is 2.23. The Morgan fingerprint density at radius 2 is 1.95 bits per heavy atom. The minimum Gasteiger partial charge on any atom is -0.482 e. The molecule has 0 atom stereocenters. The van der Waals surface area contributed by atoms with Gasteiger partial charge in [0.2, 0.25) is 4.33 Å². The highest BCUT2D eigenvalue weighted by atomic mass is 35.5. The van der Waals surface area contributed by atoms with Crippen molar-refractivity contribution in [2.24, 2.45) is 0 Å². The Kier molecular flexibility index (Phi) is 5.47. The summed E-state index contributed by atoms with van der Waals surface area (Å²) in [6.45, 7) is 2.54. The Morgan fingerprint density at radius 3 is 2.47 bits per heavy atom. The van der Waals surface area contributed by atoms with Crippen molar-refractivity contribution < 1.29 is 19.1 Å². The summed E-state index contributed by atoms with van der Waals surface area (Å²) in [5.74, 6) is -1.46. The maximum atomic E-state index is 11.3. The molecule has 1 aromatic rings. The van der Waals surface area contributed by atoms with E-state index >= 15 is 0 Å². The van der Waals surface area contributed by atoms with Crippen LogP contribution in [-0.2, 0) is 14.3 Å². The number of ether oxygens (including phenoxy) is 2. The number of carbonyl (C=O) groups excluding carboxylic acids is 2. The van der Waals surface area contributed by atoms with Gasteiger partial charge in [0.25, 0.3) is 0 Å². The van der Waals surface area contributed by atoms with Gasteiger partial charge in [-0.05, 0) is 37.6 Å². The molecule has 1 rings (SSSR count). The quantitative estimate of drug-likeness (QED) is 0.484. The summed E-state index contributed by atoms with van der Waals surface area (Å²) in [6, 6.07) is 4.91. The van der Waals surface area contributed by atoms with Gasteiger partial charge in [0.1, 0.15) is 5.75 Å². The van der Waals surface area contributed by atoms with E-state index in [1.54, 1.807) is 25.1 Å². The molecule has 7 heteroatoms. The first-order chi connectivity index (χ1) is 8.70. The van der Waals surface area contributed by atoms with Gasteiger partial charge in [0, 0.05) is 5.02 Å². The fourth-order valence-corrected chi connectivity index (χ4v) is 1.44. The van der Waals surface area contributed by atoms with Crippen molar-refractivity contribution in [3.63, 3.8) is 0 Å². The number of rotatable bonds is 4. The standard InChI is InChI=1S/C12H11Cl3O4/c1-7-5-8(13)3-4-9(7)18-6-10(16)19-11(17)12(2,14)15/h3-5H,6H2,1-2H3. The molecule has 0 saturated carbocycles. The number of hydrogen-bond acceptors (Lipinski definition) is 4. The Balaban J connectivity index is 2.53. The minimum atomic E-state index is -1.77. The predicted octanol–water partition coefficient (Wildman–Crippen LogP) is 3.29. The summed E-state index contributed by atoms with van der Waals surface area (Å²) in [6.07, 6.45) is 0. The number of benzene rings is 1. The second-order valence-electron chi connectivity index (χ2n) is 3.85. The SMILES string of the molecule is Cc1cc(Cl)ccc1OCC(=O)OC(=O)C(C)(Cl)Cl. The minimum absolute atomic E-state index is 0.432. The summed E-state index contributed by atoms with van der Waals surface area (Å²) in [4.78, 5) is 22.6. The summed E-state index contributed by atoms with van der Waals surface area (Å²) in [5, 5.41) is 0.558. The third-order valence-electron chi connectivity index (χ3n) is 2.05. The zero-order valence-corrected chi connectivity index (χ0v) is 12.5. The molecule has 0 N–H and O–H groups in total. The molecule has 4 nitrogen and oxygen atoms in total. The molecule has 0 unspecified atom stereocenters. The highest BCUT2D eigenvalue weighted by Gasteiger charge is 2.31. The maximum Gasteiger partial charge on any atom is 0.351 e. The second-order valence-corrected chi connectivity index (χ2v) is 5.99. The summed E-state index contributed by atoms with van der Waals surface area (Å²) in [5.41, 5.74) is 0.756. The number of aryl methyl sites for hydroxylation is 1. The van der Waals surface area contributed by atoms with Crippen LogP contribution in [0.4, 0.5) is 0 Å². The molecule has 0 spiro atoms. The first-order valence-electron chi connectivity index (χ1n) is 5.22. The number of esters is 2. The molecule has 0 fully saturated rings. The number of carbonyl (C=O) groups is 2. The van der Waals surface area contributed by atoms with Crippen LogP contribution >= 0.6 is 34.8 Å². The highest BCUT2D eigenvalue weighted by molar-refractivity contribution is 6.57. The molecular weight excluding hydrogens is 314 g/mol. The van der Waals surface area contributed by atoms with Crippen molar-refractivity contribution in [2.45, 2.75) is 18.2 Å². The molecule has 0 aliphatic heterocycles. The molecule has 104 valence electrons. The van der Waals surface area contributed by atoms with E-state index in [0.29, 0.717) is 10.8 Å². The maximum absolute atomic E-state index is 11.3. The molecule has 19 heavy (non-hydrogen) atoms. The lowest BCUT2D eigenvalue weighted by atomic mass is 10.2. The number of alkyl halides is 2. The van der Waals surface area contributed by atoms with E-state index in [0.717, 1.165) is 5.56 Å². The van der Waals surface area contributed by atoms with Gasteiger partial charge in [-0.3, -0.25) is 0 Å². The first kappa shape index (κ1) is 16.1. The van der Waals surface area contributed by atoms with E-state index in [1.165, 1.54) is 6.92 Å². The molecule has 0 aliphatic carbocycles. The van der Waals surface area contributed by atoms with Crippen molar-refractivity contribution in [3.8, 4) is 5.75 Å². The van der Waals surface area contributed by atoms with Crippen LogP contribution in [0.25, 0.3) is 0 Å². The van der Waals surface area contributed by atoms with Gasteiger partial charge >= 0.3 is 11.9 Å². The molecule has 0 aromatic heterocycles. The lowest BCUT2D eigenvalue weighted by molar-refractivity contribution is -0.161. The fourth-order valence-electron chi connectivity index (χ4n) is 1.13. The van der Waals surface area contributed by atoms with Crippen LogP contribution < -0.4 is 4.74 Å². The summed E-state index contributed by atoms with van der Waals surface area (Å²) in [7, 11) is 0. The van der Waals surface area contributed by atoms with Gasteiger partial charge in [-0.25, -0.2) is 9.59 Å².